The van der Waals surface area contributed by atoms with Crippen LogP contribution < -0.4 is 4.74 Å². The van der Waals surface area contributed by atoms with E-state index in [1.165, 1.54) is 0 Å². The Morgan fingerprint density at radius 2 is 1.06 bits per heavy atom. The van der Waals surface area contributed by atoms with Gasteiger partial charge >= 0.3 is 0 Å². The second-order valence-corrected chi connectivity index (χ2v) is 7.37. The maximum atomic E-state index is 14.1. The van der Waals surface area contributed by atoms with Crippen LogP contribution in [0.15, 0.2) is 0 Å². The summed E-state index contributed by atoms with van der Waals surface area (Å²) < 4.78 is 91.1. The smallest absolute Gasteiger partial charge is 0.289 e. The van der Waals surface area contributed by atoms with Crippen LogP contribution in [0.5, 0.6) is 5.75 Å². The van der Waals surface area contributed by atoms with Crippen molar-refractivity contribution in [3.63, 3.8) is 0 Å². The molecule has 0 amide bonds. The predicted octanol–water partition coefficient (Wildman–Crippen LogP) is 6.89. The maximum Gasteiger partial charge on any atom is 0.289 e. The molecule has 1 unspecified atom stereocenters. The fraction of sp³-hybridized carbons (Fsp3) is 0.739. The molecular weight excluding hydrogens is 435 g/mol. The third-order valence-electron chi connectivity index (χ3n) is 5.04. The quantitative estimate of drug-likeness (QED) is 0.0817. The summed E-state index contributed by atoms with van der Waals surface area (Å²) in [5.74, 6) is -14.0. The summed E-state index contributed by atoms with van der Waals surface area (Å²) in [5.41, 5.74) is 0. The van der Waals surface area contributed by atoms with Crippen molar-refractivity contribution in [1.82, 2.24) is 0 Å². The zero-order chi connectivity index (χ0) is 24.1. The highest BCUT2D eigenvalue weighted by atomic mass is 19.2. The van der Waals surface area contributed by atoms with Crippen molar-refractivity contribution < 1.29 is 40.9 Å². The molecule has 32 heavy (non-hydrogen) atoms. The molecular formula is C23H35F5O4. The largest absolute Gasteiger partial charge is 0.487 e. The molecule has 186 valence electrons. The van der Waals surface area contributed by atoms with Gasteiger partial charge in [-0.2, -0.15) is 8.78 Å². The van der Waals surface area contributed by atoms with Crippen LogP contribution in [-0.2, 0) is 14.2 Å². The summed E-state index contributed by atoms with van der Waals surface area (Å²) in [6, 6.07) is 0. The first-order valence-electron chi connectivity index (χ1n) is 11.3. The Labute approximate surface area is 187 Å². The van der Waals surface area contributed by atoms with Crippen molar-refractivity contribution in [2.75, 3.05) is 26.4 Å². The standard InChI is InChI=1S/C23H35F5O4/c1-5-9-10-11-12-13-14-16(23(30-6-2,31-7-3)32-8-4)15-29-22-20(27)18(25)17(24)19(26)21(22)28/h16H,5-15H2,1-4H3. The Hall–Kier alpha value is -1.45. The van der Waals surface area contributed by atoms with E-state index in [1.54, 1.807) is 20.8 Å². The van der Waals surface area contributed by atoms with Crippen molar-refractivity contribution in [3.8, 4) is 5.75 Å². The average Bonchev–Trinajstić information content (AvgIpc) is 2.77. The van der Waals surface area contributed by atoms with E-state index in [9.17, 15) is 22.0 Å². The number of hydrogen-bond acceptors (Lipinski definition) is 4. The lowest BCUT2D eigenvalue weighted by atomic mass is 9.98. The van der Waals surface area contributed by atoms with E-state index >= 15 is 0 Å². The second-order valence-electron chi connectivity index (χ2n) is 7.37. The van der Waals surface area contributed by atoms with Crippen LogP contribution >= 0.6 is 0 Å². The molecule has 4 nitrogen and oxygen atoms in total. The van der Waals surface area contributed by atoms with Gasteiger partial charge in [0.1, 0.15) is 0 Å². The minimum Gasteiger partial charge on any atom is -0.487 e. The fourth-order valence-corrected chi connectivity index (χ4v) is 3.51. The van der Waals surface area contributed by atoms with E-state index in [-0.39, 0.29) is 19.8 Å². The Bertz CT molecular complexity index is 641. The molecule has 1 atom stereocenters. The van der Waals surface area contributed by atoms with Crippen LogP contribution in [0.3, 0.4) is 0 Å². The molecule has 1 aromatic carbocycles. The van der Waals surface area contributed by atoms with E-state index in [0.717, 1.165) is 38.5 Å². The molecule has 0 N–H and O–H groups in total. The van der Waals surface area contributed by atoms with E-state index in [4.69, 9.17) is 18.9 Å². The van der Waals surface area contributed by atoms with Crippen molar-refractivity contribution >= 4 is 0 Å². The van der Waals surface area contributed by atoms with Crippen LogP contribution in [0.4, 0.5) is 22.0 Å². The number of ether oxygens (including phenoxy) is 4. The maximum absolute atomic E-state index is 14.1. The molecule has 0 aliphatic rings. The SMILES string of the molecule is CCCCCCCCC(COc1c(F)c(F)c(F)c(F)c1F)C(OCC)(OCC)OCC. The number of unbranched alkanes of at least 4 members (excludes halogenated alkanes) is 5. The lowest BCUT2D eigenvalue weighted by Gasteiger charge is -2.39. The molecule has 1 rings (SSSR count). The third kappa shape index (κ3) is 7.56. The Balaban J connectivity index is 3.12. The van der Waals surface area contributed by atoms with E-state index in [1.807, 2.05) is 0 Å². The molecule has 0 fully saturated rings. The van der Waals surface area contributed by atoms with Gasteiger partial charge in [0.15, 0.2) is 5.75 Å². The van der Waals surface area contributed by atoms with Crippen molar-refractivity contribution in [2.45, 2.75) is 78.6 Å². The van der Waals surface area contributed by atoms with Gasteiger partial charge in [-0.1, -0.05) is 45.4 Å². The first kappa shape index (κ1) is 28.6. The molecule has 0 aliphatic carbocycles. The van der Waals surface area contributed by atoms with Crippen molar-refractivity contribution in [3.05, 3.63) is 29.1 Å². The van der Waals surface area contributed by atoms with Gasteiger partial charge in [-0.15, -0.1) is 0 Å². The molecule has 9 heteroatoms. The van der Waals surface area contributed by atoms with E-state index in [2.05, 4.69) is 6.92 Å². The van der Waals surface area contributed by atoms with Crippen LogP contribution in [0.2, 0.25) is 0 Å². The highest BCUT2D eigenvalue weighted by molar-refractivity contribution is 5.29. The highest BCUT2D eigenvalue weighted by Gasteiger charge is 2.43. The topological polar surface area (TPSA) is 36.9 Å². The first-order valence-corrected chi connectivity index (χ1v) is 11.3. The molecule has 0 aliphatic heterocycles. The minimum atomic E-state index is -2.23. The Kier molecular flexibility index (Phi) is 13.1. The summed E-state index contributed by atoms with van der Waals surface area (Å²) in [6.07, 6.45) is 6.43. The molecule has 0 saturated carbocycles. The Morgan fingerprint density at radius 1 is 0.625 bits per heavy atom. The Morgan fingerprint density at radius 3 is 1.53 bits per heavy atom. The number of benzene rings is 1. The monoisotopic (exact) mass is 470 g/mol. The number of halogens is 5. The number of rotatable bonds is 17. The summed E-state index contributed by atoms with van der Waals surface area (Å²) >= 11 is 0. The van der Waals surface area contributed by atoms with Gasteiger partial charge in [-0.25, -0.2) is 13.2 Å². The fourth-order valence-electron chi connectivity index (χ4n) is 3.51. The van der Waals surface area contributed by atoms with Gasteiger partial charge in [-0.05, 0) is 27.2 Å². The summed E-state index contributed by atoms with van der Waals surface area (Å²) in [5, 5.41) is 0. The molecule has 0 heterocycles. The molecule has 0 spiro atoms. The van der Waals surface area contributed by atoms with Crippen LogP contribution in [0.25, 0.3) is 0 Å². The van der Waals surface area contributed by atoms with Gasteiger partial charge in [0.25, 0.3) is 5.97 Å². The van der Waals surface area contributed by atoms with Crippen LogP contribution in [-0.4, -0.2) is 32.4 Å². The van der Waals surface area contributed by atoms with E-state index in [0.29, 0.717) is 6.42 Å². The van der Waals surface area contributed by atoms with Crippen molar-refractivity contribution in [1.29, 1.82) is 0 Å². The summed E-state index contributed by atoms with van der Waals surface area (Å²) in [4.78, 5) is 0. The average molecular weight is 471 g/mol. The second kappa shape index (κ2) is 14.6. The predicted molar refractivity (Wildman–Crippen MR) is 111 cm³/mol. The summed E-state index contributed by atoms with van der Waals surface area (Å²) in [7, 11) is 0. The van der Waals surface area contributed by atoms with Crippen LogP contribution in [0, 0.1) is 35.0 Å². The van der Waals surface area contributed by atoms with Crippen LogP contribution in [0.1, 0.15) is 72.6 Å². The molecule has 1 aromatic rings. The normalized spacial score (nSPS) is 12.9. The first-order chi connectivity index (χ1) is 15.3. The minimum absolute atomic E-state index is 0.218. The molecule has 0 saturated heterocycles. The number of hydrogen-bond donors (Lipinski definition) is 0. The lowest BCUT2D eigenvalue weighted by molar-refractivity contribution is -0.404. The van der Waals surface area contributed by atoms with Gasteiger partial charge < -0.3 is 18.9 Å². The molecule has 0 aromatic heterocycles. The van der Waals surface area contributed by atoms with Crippen molar-refractivity contribution in [2.24, 2.45) is 5.92 Å². The van der Waals surface area contributed by atoms with Gasteiger partial charge in [0, 0.05) is 19.8 Å². The van der Waals surface area contributed by atoms with Gasteiger partial charge in [0.05, 0.1) is 12.5 Å². The molecule has 0 radical (unpaired) electrons. The van der Waals surface area contributed by atoms with Gasteiger partial charge in [-0.3, -0.25) is 0 Å². The van der Waals surface area contributed by atoms with E-state index < -0.39 is 53.3 Å². The molecule has 0 bridgehead atoms. The summed E-state index contributed by atoms with van der Waals surface area (Å²) in [6.45, 7) is 7.56. The highest BCUT2D eigenvalue weighted by Crippen LogP contribution is 2.34. The third-order valence-corrected chi connectivity index (χ3v) is 5.04. The van der Waals surface area contributed by atoms with Gasteiger partial charge in [0.2, 0.25) is 29.1 Å². The zero-order valence-electron chi connectivity index (χ0n) is 19.4. The zero-order valence-corrected chi connectivity index (χ0v) is 19.4. The lowest BCUT2D eigenvalue weighted by Crippen LogP contribution is -2.49.